The van der Waals surface area contributed by atoms with Crippen molar-refractivity contribution >= 4 is 0 Å². The maximum Gasteiger partial charge on any atom is 0.161 e. The zero-order chi connectivity index (χ0) is 15.0. The molecule has 1 heterocycles. The Bertz CT molecular complexity index is 374. The zero-order valence-electron chi connectivity index (χ0n) is 13.8. The summed E-state index contributed by atoms with van der Waals surface area (Å²) in [6.07, 6.45) is 6.41. The van der Waals surface area contributed by atoms with Crippen molar-refractivity contribution in [1.29, 1.82) is 0 Å². The first-order valence-electron chi connectivity index (χ1n) is 7.97. The molecule has 0 amide bonds. The SMILES string of the molecule is CCCNC(CCC(C)C)c1c(OC)cnn1CCC. The van der Waals surface area contributed by atoms with Crippen LogP contribution in [0.4, 0.5) is 0 Å². The van der Waals surface area contributed by atoms with Gasteiger partial charge in [-0.2, -0.15) is 5.10 Å². The summed E-state index contributed by atoms with van der Waals surface area (Å²) in [6, 6.07) is 0.335. The number of nitrogens with zero attached hydrogens (tertiary/aromatic N) is 2. The number of hydrogen-bond donors (Lipinski definition) is 1. The van der Waals surface area contributed by atoms with Crippen LogP contribution < -0.4 is 10.1 Å². The van der Waals surface area contributed by atoms with Crippen LogP contribution in [0.25, 0.3) is 0 Å². The van der Waals surface area contributed by atoms with E-state index in [2.05, 4.69) is 42.8 Å². The van der Waals surface area contributed by atoms with E-state index in [1.807, 2.05) is 6.20 Å². The highest BCUT2D eigenvalue weighted by Gasteiger charge is 2.21. The van der Waals surface area contributed by atoms with Crippen LogP contribution in [-0.2, 0) is 6.54 Å². The minimum absolute atomic E-state index is 0.335. The monoisotopic (exact) mass is 281 g/mol. The van der Waals surface area contributed by atoms with Gasteiger partial charge in [0.25, 0.3) is 0 Å². The summed E-state index contributed by atoms with van der Waals surface area (Å²) in [7, 11) is 1.73. The Kier molecular flexibility index (Phi) is 7.67. The molecule has 1 rings (SSSR count). The van der Waals surface area contributed by atoms with Gasteiger partial charge >= 0.3 is 0 Å². The number of hydrogen-bond acceptors (Lipinski definition) is 3. The summed E-state index contributed by atoms with van der Waals surface area (Å²) >= 11 is 0. The number of methoxy groups -OCH3 is 1. The first-order valence-corrected chi connectivity index (χ1v) is 7.97. The fraction of sp³-hybridized carbons (Fsp3) is 0.812. The van der Waals surface area contributed by atoms with Crippen molar-refractivity contribution in [2.45, 2.75) is 66.0 Å². The van der Waals surface area contributed by atoms with Crippen molar-refractivity contribution in [1.82, 2.24) is 15.1 Å². The fourth-order valence-electron chi connectivity index (χ4n) is 2.43. The summed E-state index contributed by atoms with van der Waals surface area (Å²) in [6.45, 7) is 10.9. The summed E-state index contributed by atoms with van der Waals surface area (Å²) in [5.41, 5.74) is 1.21. The van der Waals surface area contributed by atoms with Gasteiger partial charge < -0.3 is 10.1 Å². The van der Waals surface area contributed by atoms with Crippen molar-refractivity contribution in [2.24, 2.45) is 5.92 Å². The molecular formula is C16H31N3O. The van der Waals surface area contributed by atoms with Gasteiger partial charge in [-0.15, -0.1) is 0 Å². The molecule has 1 unspecified atom stereocenters. The van der Waals surface area contributed by atoms with Crippen molar-refractivity contribution in [3.63, 3.8) is 0 Å². The van der Waals surface area contributed by atoms with E-state index in [-0.39, 0.29) is 0 Å². The Morgan fingerprint density at radius 2 is 2.00 bits per heavy atom. The van der Waals surface area contributed by atoms with Gasteiger partial charge in [0.1, 0.15) is 0 Å². The molecule has 0 aliphatic carbocycles. The maximum absolute atomic E-state index is 5.52. The molecule has 1 N–H and O–H groups in total. The van der Waals surface area contributed by atoms with Crippen LogP contribution in [0.3, 0.4) is 0 Å². The molecule has 1 aromatic rings. The van der Waals surface area contributed by atoms with E-state index >= 15 is 0 Å². The van der Waals surface area contributed by atoms with E-state index in [9.17, 15) is 0 Å². The predicted molar refractivity (Wildman–Crippen MR) is 84.2 cm³/mol. The second kappa shape index (κ2) is 9.01. The van der Waals surface area contributed by atoms with Crippen LogP contribution in [0.15, 0.2) is 6.20 Å². The topological polar surface area (TPSA) is 39.1 Å². The number of aryl methyl sites for hydroxylation is 1. The normalized spacial score (nSPS) is 12.9. The van der Waals surface area contributed by atoms with Crippen LogP contribution in [-0.4, -0.2) is 23.4 Å². The van der Waals surface area contributed by atoms with E-state index in [1.165, 1.54) is 12.1 Å². The predicted octanol–water partition coefficient (Wildman–Crippen LogP) is 3.78. The van der Waals surface area contributed by atoms with Gasteiger partial charge in [0.15, 0.2) is 5.75 Å². The highest BCUT2D eigenvalue weighted by Crippen LogP contribution is 2.29. The number of ether oxygens (including phenoxy) is 1. The summed E-state index contributed by atoms with van der Waals surface area (Å²) in [5.74, 6) is 1.63. The Hall–Kier alpha value is -1.03. The average Bonchev–Trinajstić information content (AvgIpc) is 2.82. The van der Waals surface area contributed by atoms with Crippen molar-refractivity contribution in [3.8, 4) is 5.75 Å². The number of rotatable bonds is 10. The van der Waals surface area contributed by atoms with Crippen LogP contribution in [0, 0.1) is 5.92 Å². The van der Waals surface area contributed by atoms with Crippen molar-refractivity contribution in [3.05, 3.63) is 11.9 Å². The minimum atomic E-state index is 0.335. The first kappa shape index (κ1) is 17.0. The second-order valence-electron chi connectivity index (χ2n) is 5.80. The van der Waals surface area contributed by atoms with Gasteiger partial charge in [-0.05, 0) is 38.1 Å². The van der Waals surface area contributed by atoms with Gasteiger partial charge in [-0.3, -0.25) is 4.68 Å². The molecule has 1 aromatic heterocycles. The molecule has 0 saturated heterocycles. The number of aromatic nitrogens is 2. The van der Waals surface area contributed by atoms with Crippen LogP contribution in [0.1, 0.15) is 65.1 Å². The van der Waals surface area contributed by atoms with Crippen molar-refractivity contribution in [2.75, 3.05) is 13.7 Å². The maximum atomic E-state index is 5.52. The summed E-state index contributed by atoms with van der Waals surface area (Å²) in [5, 5.41) is 8.14. The lowest BCUT2D eigenvalue weighted by Crippen LogP contribution is -2.26. The highest BCUT2D eigenvalue weighted by atomic mass is 16.5. The Labute approximate surface area is 123 Å². The Morgan fingerprint density at radius 1 is 1.25 bits per heavy atom. The quantitative estimate of drug-likeness (QED) is 0.709. The average molecular weight is 281 g/mol. The van der Waals surface area contributed by atoms with Gasteiger partial charge in [0.05, 0.1) is 25.0 Å². The standard InChI is InChI=1S/C16H31N3O/c1-6-10-17-14(9-8-13(3)4)16-15(20-5)12-18-19(16)11-7-2/h12-14,17H,6-11H2,1-5H3. The summed E-state index contributed by atoms with van der Waals surface area (Å²) < 4.78 is 7.62. The molecule has 1 atom stereocenters. The minimum Gasteiger partial charge on any atom is -0.493 e. The first-order chi connectivity index (χ1) is 9.63. The smallest absolute Gasteiger partial charge is 0.161 e. The lowest BCUT2D eigenvalue weighted by molar-refractivity contribution is 0.371. The molecule has 116 valence electrons. The summed E-state index contributed by atoms with van der Waals surface area (Å²) in [4.78, 5) is 0. The van der Waals surface area contributed by atoms with Crippen LogP contribution in [0.2, 0.25) is 0 Å². The zero-order valence-corrected chi connectivity index (χ0v) is 13.8. The van der Waals surface area contributed by atoms with E-state index in [1.54, 1.807) is 7.11 Å². The molecule has 4 nitrogen and oxygen atoms in total. The largest absolute Gasteiger partial charge is 0.493 e. The molecule has 0 aliphatic heterocycles. The molecule has 4 heteroatoms. The van der Waals surface area contributed by atoms with Gasteiger partial charge in [-0.25, -0.2) is 0 Å². The molecule has 20 heavy (non-hydrogen) atoms. The Balaban J connectivity index is 2.93. The lowest BCUT2D eigenvalue weighted by Gasteiger charge is -2.22. The lowest BCUT2D eigenvalue weighted by atomic mass is 10.0. The molecule has 0 aliphatic rings. The van der Waals surface area contributed by atoms with E-state index in [4.69, 9.17) is 4.74 Å². The fourth-order valence-corrected chi connectivity index (χ4v) is 2.43. The third kappa shape index (κ3) is 4.82. The van der Waals surface area contributed by atoms with Gasteiger partial charge in [0.2, 0.25) is 0 Å². The van der Waals surface area contributed by atoms with E-state index in [0.29, 0.717) is 6.04 Å². The third-order valence-electron chi connectivity index (χ3n) is 3.50. The third-order valence-corrected chi connectivity index (χ3v) is 3.50. The molecule has 0 bridgehead atoms. The second-order valence-corrected chi connectivity index (χ2v) is 5.80. The molecule has 0 aromatic carbocycles. The number of nitrogens with one attached hydrogen (secondary N) is 1. The molecular weight excluding hydrogens is 250 g/mol. The molecule has 0 fully saturated rings. The highest BCUT2D eigenvalue weighted by molar-refractivity contribution is 5.28. The van der Waals surface area contributed by atoms with Crippen LogP contribution in [0.5, 0.6) is 5.75 Å². The van der Waals surface area contributed by atoms with Gasteiger partial charge in [-0.1, -0.05) is 27.7 Å². The van der Waals surface area contributed by atoms with Crippen LogP contribution >= 0.6 is 0 Å². The molecule has 0 radical (unpaired) electrons. The van der Waals surface area contributed by atoms with E-state index < -0.39 is 0 Å². The Morgan fingerprint density at radius 3 is 2.55 bits per heavy atom. The van der Waals surface area contributed by atoms with Gasteiger partial charge in [0, 0.05) is 6.54 Å². The molecule has 0 spiro atoms. The van der Waals surface area contributed by atoms with E-state index in [0.717, 1.165) is 44.0 Å². The molecule has 0 saturated carbocycles. The van der Waals surface area contributed by atoms with Crippen molar-refractivity contribution < 1.29 is 4.74 Å².